The average molecular weight is 875 g/mol. The summed E-state index contributed by atoms with van der Waals surface area (Å²) in [6, 6.07) is -0.616. The molecule has 0 aromatic heterocycles. The van der Waals surface area contributed by atoms with Crippen LogP contribution in [0.4, 0.5) is 0 Å². The van der Waals surface area contributed by atoms with Crippen molar-refractivity contribution in [3.63, 3.8) is 0 Å². The predicted octanol–water partition coefficient (Wildman–Crippen LogP) is 18.9. The van der Waals surface area contributed by atoms with Crippen LogP contribution in [0.3, 0.4) is 0 Å². The topological polar surface area (TPSA) is 69.6 Å². The molecule has 0 aliphatic rings. The smallest absolute Gasteiger partial charge is 0.220 e. The van der Waals surface area contributed by atoms with Crippen LogP contribution in [0.5, 0.6) is 0 Å². The molecule has 1 amide bonds. The normalized spacial score (nSPS) is 12.8. The first-order chi connectivity index (χ1) is 30.7. The van der Waals surface area contributed by atoms with Gasteiger partial charge in [0.15, 0.2) is 0 Å². The summed E-state index contributed by atoms with van der Waals surface area (Å²) in [5, 5.41) is 23.0. The van der Waals surface area contributed by atoms with E-state index in [0.717, 1.165) is 25.7 Å². The molecule has 4 nitrogen and oxygen atoms in total. The van der Waals surface area contributed by atoms with Crippen LogP contribution in [-0.2, 0) is 4.79 Å². The molecule has 0 saturated heterocycles. The van der Waals surface area contributed by atoms with E-state index in [0.29, 0.717) is 6.42 Å². The van der Waals surface area contributed by atoms with E-state index in [2.05, 4.69) is 19.2 Å². The van der Waals surface area contributed by atoms with Gasteiger partial charge in [-0.3, -0.25) is 4.79 Å². The van der Waals surface area contributed by atoms with E-state index >= 15 is 0 Å². The summed E-state index contributed by atoms with van der Waals surface area (Å²) in [6.07, 6.45) is 71.3. The third-order valence-electron chi connectivity index (χ3n) is 13.8. The second-order valence-electron chi connectivity index (χ2n) is 20.1. The first-order valence-corrected chi connectivity index (χ1v) is 28.9. The van der Waals surface area contributed by atoms with E-state index in [-0.39, 0.29) is 12.5 Å². The van der Waals surface area contributed by atoms with Crippen LogP contribution in [0.1, 0.15) is 335 Å². The quantitative estimate of drug-likeness (QED) is 0.0421. The maximum absolute atomic E-state index is 12.4. The first-order valence-electron chi connectivity index (χ1n) is 28.9. The second kappa shape index (κ2) is 54.5. The maximum atomic E-state index is 12.4. The number of hydrogen-bond donors (Lipinski definition) is 3. The summed E-state index contributed by atoms with van der Waals surface area (Å²) in [5.41, 5.74) is 0. The third kappa shape index (κ3) is 50.1. The first kappa shape index (κ1) is 61.1. The Morgan fingerprint density at radius 2 is 0.597 bits per heavy atom. The highest BCUT2D eigenvalue weighted by molar-refractivity contribution is 5.76. The van der Waals surface area contributed by atoms with Crippen LogP contribution in [0.15, 0.2) is 12.2 Å². The van der Waals surface area contributed by atoms with Gasteiger partial charge in [-0.1, -0.05) is 321 Å². The van der Waals surface area contributed by atoms with Crippen LogP contribution in [0.2, 0.25) is 0 Å². The fraction of sp³-hybridized carbons (Fsp3) is 0.948. The molecule has 0 radical (unpaired) electrons. The van der Waals surface area contributed by atoms with Crippen molar-refractivity contribution in [1.82, 2.24) is 5.32 Å². The monoisotopic (exact) mass is 874 g/mol. The lowest BCUT2D eigenvalue weighted by atomic mass is 10.0. The van der Waals surface area contributed by atoms with Gasteiger partial charge in [0, 0.05) is 6.42 Å². The van der Waals surface area contributed by atoms with Crippen LogP contribution >= 0.6 is 0 Å². The molecule has 0 aliphatic heterocycles. The minimum absolute atomic E-state index is 0.0583. The van der Waals surface area contributed by atoms with Crippen molar-refractivity contribution in [2.75, 3.05) is 6.61 Å². The van der Waals surface area contributed by atoms with Gasteiger partial charge in [-0.2, -0.15) is 0 Å². The van der Waals surface area contributed by atoms with E-state index in [4.69, 9.17) is 0 Å². The molecule has 62 heavy (non-hydrogen) atoms. The lowest BCUT2D eigenvalue weighted by Gasteiger charge is -2.20. The minimum Gasteiger partial charge on any atom is -0.394 e. The van der Waals surface area contributed by atoms with Gasteiger partial charge in [-0.25, -0.2) is 0 Å². The van der Waals surface area contributed by atoms with Crippen molar-refractivity contribution in [2.24, 2.45) is 0 Å². The molecule has 4 heteroatoms. The summed E-state index contributed by atoms with van der Waals surface area (Å²) < 4.78 is 0. The number of nitrogens with one attached hydrogen (secondary N) is 1. The van der Waals surface area contributed by atoms with Crippen LogP contribution in [-0.4, -0.2) is 34.9 Å². The Labute approximate surface area is 390 Å². The number of unbranched alkanes of at least 4 members (excludes halogenated alkanes) is 47. The molecular weight excluding hydrogens is 759 g/mol. The summed E-state index contributed by atoms with van der Waals surface area (Å²) in [7, 11) is 0. The van der Waals surface area contributed by atoms with Gasteiger partial charge in [0.25, 0.3) is 0 Å². The molecule has 0 bridgehead atoms. The van der Waals surface area contributed by atoms with Gasteiger partial charge in [-0.05, 0) is 19.3 Å². The van der Waals surface area contributed by atoms with Crippen molar-refractivity contribution < 1.29 is 15.0 Å². The van der Waals surface area contributed by atoms with Gasteiger partial charge in [-0.15, -0.1) is 0 Å². The Hall–Kier alpha value is -0.870. The molecule has 3 N–H and O–H groups in total. The van der Waals surface area contributed by atoms with E-state index in [9.17, 15) is 15.0 Å². The number of allylic oxidation sites excluding steroid dienone is 1. The van der Waals surface area contributed by atoms with Gasteiger partial charge in [0.2, 0.25) is 5.91 Å². The number of hydrogen-bond acceptors (Lipinski definition) is 3. The Bertz CT molecular complexity index is 860. The highest BCUT2D eigenvalue weighted by Crippen LogP contribution is 2.18. The number of amides is 1. The molecule has 0 heterocycles. The van der Waals surface area contributed by atoms with E-state index < -0.39 is 12.1 Å². The standard InChI is InChI=1S/C58H115NO3/c1-3-5-7-9-11-13-15-16-17-18-19-20-21-22-23-24-25-26-27-28-29-30-31-32-33-34-35-36-37-38-39-40-41-42-44-46-48-50-52-54-58(62)59-56(55-60)57(61)53-51-49-47-45-43-14-12-10-8-6-4-2/h51,53,56-57,60-61H,3-50,52,54-55H2,1-2H3,(H,59,62)/b53-51+. The van der Waals surface area contributed by atoms with Crippen molar-refractivity contribution in [2.45, 2.75) is 347 Å². The summed E-state index contributed by atoms with van der Waals surface area (Å²) in [4.78, 5) is 12.4. The van der Waals surface area contributed by atoms with E-state index in [1.54, 1.807) is 6.08 Å². The van der Waals surface area contributed by atoms with Gasteiger partial charge < -0.3 is 15.5 Å². The average Bonchev–Trinajstić information content (AvgIpc) is 3.28. The van der Waals surface area contributed by atoms with Crippen molar-refractivity contribution in [3.8, 4) is 0 Å². The number of carbonyl (C=O) groups is 1. The number of aliphatic hydroxyl groups excluding tert-OH is 2. The van der Waals surface area contributed by atoms with Crippen molar-refractivity contribution in [1.29, 1.82) is 0 Å². The maximum Gasteiger partial charge on any atom is 0.220 e. The number of rotatable bonds is 54. The summed E-state index contributed by atoms with van der Waals surface area (Å²) in [6.45, 7) is 4.32. The Balaban J connectivity index is 3.31. The van der Waals surface area contributed by atoms with Crippen molar-refractivity contribution >= 4 is 5.91 Å². The fourth-order valence-corrected chi connectivity index (χ4v) is 9.36. The molecule has 0 aromatic rings. The molecule has 0 saturated carbocycles. The summed E-state index contributed by atoms with van der Waals surface area (Å²) >= 11 is 0. The van der Waals surface area contributed by atoms with Gasteiger partial charge in [0.05, 0.1) is 18.8 Å². The fourth-order valence-electron chi connectivity index (χ4n) is 9.36. The number of aliphatic hydroxyl groups is 2. The molecular formula is C58H115NO3. The third-order valence-corrected chi connectivity index (χ3v) is 13.8. The van der Waals surface area contributed by atoms with Crippen LogP contribution in [0, 0.1) is 0 Å². The number of carbonyl (C=O) groups excluding carboxylic acids is 1. The Kier molecular flexibility index (Phi) is 53.7. The zero-order valence-corrected chi connectivity index (χ0v) is 42.7. The second-order valence-corrected chi connectivity index (χ2v) is 20.1. The Morgan fingerprint density at radius 3 is 0.839 bits per heavy atom. The molecule has 2 unspecified atom stereocenters. The SMILES string of the molecule is CCCCCCCCCCC/C=C/C(O)C(CO)NC(=O)CCCCCCCCCCCCCCCCCCCCCCCCCCCCCCCCCCCCCCCCC. The molecule has 2 atom stereocenters. The van der Waals surface area contributed by atoms with E-state index in [1.165, 1.54) is 289 Å². The molecule has 0 fully saturated rings. The molecule has 0 aliphatic carbocycles. The highest BCUT2D eigenvalue weighted by Gasteiger charge is 2.18. The highest BCUT2D eigenvalue weighted by atomic mass is 16.3. The Morgan fingerprint density at radius 1 is 0.371 bits per heavy atom. The lowest BCUT2D eigenvalue weighted by molar-refractivity contribution is -0.123. The van der Waals surface area contributed by atoms with Crippen LogP contribution < -0.4 is 5.32 Å². The van der Waals surface area contributed by atoms with Crippen molar-refractivity contribution in [3.05, 3.63) is 12.2 Å². The predicted molar refractivity (Wildman–Crippen MR) is 276 cm³/mol. The lowest BCUT2D eigenvalue weighted by Crippen LogP contribution is -2.45. The minimum atomic E-state index is -0.833. The summed E-state index contributed by atoms with van der Waals surface area (Å²) in [5.74, 6) is -0.0583. The molecule has 0 spiro atoms. The molecule has 370 valence electrons. The molecule has 0 aromatic carbocycles. The molecule has 0 rings (SSSR count). The van der Waals surface area contributed by atoms with Crippen LogP contribution in [0.25, 0.3) is 0 Å². The van der Waals surface area contributed by atoms with Gasteiger partial charge in [0.1, 0.15) is 0 Å². The largest absolute Gasteiger partial charge is 0.394 e. The van der Waals surface area contributed by atoms with Gasteiger partial charge >= 0.3 is 0 Å². The zero-order valence-electron chi connectivity index (χ0n) is 42.7. The van der Waals surface area contributed by atoms with E-state index in [1.807, 2.05) is 6.08 Å². The zero-order chi connectivity index (χ0) is 44.9.